The number of halogens is 2. The molecule has 0 aromatic heterocycles. The third-order valence-corrected chi connectivity index (χ3v) is 12.4. The molecule has 208 valence electrons. The monoisotopic (exact) mass is 581 g/mol. The molecule has 0 amide bonds. The quantitative estimate of drug-likeness (QED) is 0.135. The van der Waals surface area contributed by atoms with E-state index in [-0.39, 0.29) is 13.0 Å². The van der Waals surface area contributed by atoms with Gasteiger partial charge in [-0.2, -0.15) is 6.54 Å². The molecule has 0 heterocycles. The van der Waals surface area contributed by atoms with Gasteiger partial charge in [-0.25, -0.2) is 0 Å². The molecule has 0 radical (unpaired) electrons. The molecule has 0 bridgehead atoms. The van der Waals surface area contributed by atoms with E-state index < -0.39 is 25.3 Å². The Balaban J connectivity index is 0.00000145. The van der Waals surface area contributed by atoms with E-state index in [2.05, 4.69) is 33.9 Å². The minimum absolute atomic E-state index is 0. The fourth-order valence-corrected chi connectivity index (χ4v) is 10.6. The van der Waals surface area contributed by atoms with E-state index in [0.29, 0.717) is 0 Å². The zero-order valence-electron chi connectivity index (χ0n) is 24.0. The van der Waals surface area contributed by atoms with Gasteiger partial charge < -0.3 is 17.1 Å². The average Bonchev–Trinajstić information content (AvgIpc) is 3.15. The Morgan fingerprint density at radius 2 is 1.43 bits per heavy atom. The van der Waals surface area contributed by atoms with Crippen LogP contribution in [0, 0.1) is 31.1 Å². The molecule has 4 unspecified atom stereocenters. The van der Waals surface area contributed by atoms with Gasteiger partial charge in [0.1, 0.15) is 0 Å². The molecule has 3 aliphatic carbocycles. The van der Waals surface area contributed by atoms with E-state index >= 15 is 0 Å². The maximum absolute atomic E-state index is 5.86. The molecule has 4 atom stereocenters. The zero-order chi connectivity index (χ0) is 25.0. The molecule has 3 fully saturated rings. The van der Waals surface area contributed by atoms with Crippen LogP contribution in [0.1, 0.15) is 117 Å². The van der Waals surface area contributed by atoms with Crippen molar-refractivity contribution in [3.05, 3.63) is 12.4 Å². The van der Waals surface area contributed by atoms with Gasteiger partial charge in [0.25, 0.3) is 0 Å². The number of hydrogen-bond donors (Lipinski definition) is 0. The number of ether oxygens (including phenoxy) is 1. The summed E-state index contributed by atoms with van der Waals surface area (Å²) in [6, 6.07) is 0. The van der Waals surface area contributed by atoms with Crippen LogP contribution in [-0.2, 0) is 21.8 Å². The Morgan fingerprint density at radius 1 is 0.857 bits per heavy atom. The van der Waals surface area contributed by atoms with Crippen LogP contribution in [0.4, 0.5) is 0 Å². The summed E-state index contributed by atoms with van der Waals surface area (Å²) in [5.74, 6) is 4.19. The third-order valence-electron chi connectivity index (χ3n) is 8.93. The molecular weight excluding hydrogens is 525 g/mol. The van der Waals surface area contributed by atoms with E-state index in [1.807, 2.05) is 0 Å². The van der Waals surface area contributed by atoms with Crippen molar-refractivity contribution in [1.82, 2.24) is 0 Å². The van der Waals surface area contributed by atoms with Crippen LogP contribution in [0.2, 0.25) is 18.6 Å². The summed E-state index contributed by atoms with van der Waals surface area (Å²) in [5.41, 5.74) is 0.990. The van der Waals surface area contributed by atoms with Gasteiger partial charge in [-0.05, 0) is 63.7 Å². The Hall–Kier alpha value is 1.43. The standard InChI is InChI=1S/C28H54NOSi.CH3.2ClH.Ti/c1-28(2,3)30-20-14-7-6-13-19-29-31(4,5)27-22-24(21-23-15-9-8-10-16-23)25-17-11-12-18-26(25)27;;;;/h23-27H,6-22H2,1-5H3;1H3;2*1H;/q2*-1;;;+2/p-2. The Kier molecular flexibility index (Phi) is 17.6. The van der Waals surface area contributed by atoms with Gasteiger partial charge in [-0.3, -0.25) is 0 Å². The van der Waals surface area contributed by atoms with Crippen LogP contribution in [0.5, 0.6) is 0 Å². The van der Waals surface area contributed by atoms with Crippen LogP contribution in [-0.4, -0.2) is 27.0 Å². The van der Waals surface area contributed by atoms with Crippen LogP contribution in [0.3, 0.4) is 0 Å². The van der Waals surface area contributed by atoms with Gasteiger partial charge in [0.15, 0.2) is 0 Å². The van der Waals surface area contributed by atoms with Gasteiger partial charge in [0.05, 0.1) is 5.60 Å². The van der Waals surface area contributed by atoms with Crippen LogP contribution in [0.15, 0.2) is 0 Å². The predicted octanol–water partition coefficient (Wildman–Crippen LogP) is 10.9. The second-order valence-corrected chi connectivity index (χ2v) is 19.9. The SMILES string of the molecule is CC(C)(C)OCCCCCC[N-][Si](C)(C)C1CC(CC2CCCCC2)C2CCCCC21.[CH3-].[Cl][Ti][Cl]. The number of unbranched alkanes of at least 4 members (excludes halogenated alkanes) is 3. The fourth-order valence-electron chi connectivity index (χ4n) is 7.31. The van der Waals surface area contributed by atoms with Crippen molar-refractivity contribution in [1.29, 1.82) is 0 Å². The van der Waals surface area contributed by atoms with E-state index in [9.17, 15) is 0 Å². The van der Waals surface area contributed by atoms with Crippen molar-refractivity contribution >= 4 is 26.8 Å². The minimum atomic E-state index is -1.49. The summed E-state index contributed by atoms with van der Waals surface area (Å²) in [7, 11) is 8.29. The molecular formula is C29H57Cl2NOSiTi-2. The molecule has 0 spiro atoms. The zero-order valence-corrected chi connectivity index (χ0v) is 28.1. The van der Waals surface area contributed by atoms with Crippen LogP contribution < -0.4 is 0 Å². The first-order chi connectivity index (χ1) is 16.2. The molecule has 3 saturated carbocycles. The summed E-state index contributed by atoms with van der Waals surface area (Å²) < 4.78 is 5.86. The van der Waals surface area contributed by atoms with E-state index in [1.165, 1.54) is 77.0 Å². The van der Waals surface area contributed by atoms with Gasteiger partial charge in [-0.1, -0.05) is 104 Å². The van der Waals surface area contributed by atoms with Crippen molar-refractivity contribution in [2.45, 2.75) is 141 Å². The van der Waals surface area contributed by atoms with Crippen molar-refractivity contribution in [3.63, 3.8) is 0 Å². The second-order valence-electron chi connectivity index (χ2n) is 12.9. The predicted molar refractivity (Wildman–Crippen MR) is 156 cm³/mol. The van der Waals surface area contributed by atoms with Gasteiger partial charge in [0, 0.05) is 6.61 Å². The second kappa shape index (κ2) is 17.9. The molecule has 6 heteroatoms. The third kappa shape index (κ3) is 12.9. The number of nitrogens with zero attached hydrogens (tertiary/aromatic N) is 1. The van der Waals surface area contributed by atoms with Crippen molar-refractivity contribution in [2.75, 3.05) is 13.2 Å². The van der Waals surface area contributed by atoms with Crippen LogP contribution >= 0.6 is 18.6 Å². The van der Waals surface area contributed by atoms with Crippen molar-refractivity contribution in [3.8, 4) is 0 Å². The van der Waals surface area contributed by atoms with Gasteiger partial charge in [-0.15, -0.1) is 0 Å². The fraction of sp³-hybridized carbons (Fsp3) is 0.966. The number of fused-ring (bicyclic) bond motifs is 1. The average molecular weight is 583 g/mol. The summed E-state index contributed by atoms with van der Waals surface area (Å²) >= 11 is -0.556. The van der Waals surface area contributed by atoms with Gasteiger partial charge >= 0.3 is 35.6 Å². The molecule has 3 rings (SSSR count). The first-order valence-corrected chi connectivity index (χ1v) is 21.8. The first kappa shape index (κ1) is 34.5. The van der Waals surface area contributed by atoms with Gasteiger partial charge in [0.2, 0.25) is 0 Å². The Labute approximate surface area is 237 Å². The summed E-state index contributed by atoms with van der Waals surface area (Å²) in [6.45, 7) is 13.7. The summed E-state index contributed by atoms with van der Waals surface area (Å²) in [6.07, 6.45) is 21.9. The molecule has 0 N–H and O–H groups in total. The molecule has 35 heavy (non-hydrogen) atoms. The molecule has 0 aliphatic heterocycles. The normalized spacial score (nSPS) is 27.4. The topological polar surface area (TPSA) is 23.3 Å². The van der Waals surface area contributed by atoms with Crippen LogP contribution in [0.25, 0.3) is 4.98 Å². The molecule has 3 aliphatic rings. The summed E-state index contributed by atoms with van der Waals surface area (Å²) in [4.78, 5) is 5.48. The molecule has 0 saturated heterocycles. The Bertz CT molecular complexity index is 539. The van der Waals surface area contributed by atoms with Crippen molar-refractivity contribution < 1.29 is 21.8 Å². The first-order valence-electron chi connectivity index (χ1n) is 14.5. The van der Waals surface area contributed by atoms with E-state index in [4.69, 9.17) is 28.3 Å². The molecule has 0 aromatic carbocycles. The maximum atomic E-state index is 5.86. The number of rotatable bonds is 11. The molecule has 0 aromatic rings. The van der Waals surface area contributed by atoms with E-state index in [1.54, 1.807) is 19.3 Å². The Morgan fingerprint density at radius 3 is 2.06 bits per heavy atom. The van der Waals surface area contributed by atoms with Crippen molar-refractivity contribution in [2.24, 2.45) is 23.7 Å². The summed E-state index contributed by atoms with van der Waals surface area (Å²) in [5, 5.41) is 0. The number of hydrogen-bond acceptors (Lipinski definition) is 1. The van der Waals surface area contributed by atoms with E-state index in [0.717, 1.165) is 42.4 Å². The molecule has 2 nitrogen and oxygen atoms in total.